The molecule has 2 aromatic rings. The molecular formula is C19H20BrNO3. The SMILES string of the molecule is Cc1cc(Br)ccc1NC(=O)c1cccc(OCC2CCCO2)c1. The minimum atomic E-state index is -0.150. The van der Waals surface area contributed by atoms with Gasteiger partial charge in [-0.1, -0.05) is 22.0 Å². The van der Waals surface area contributed by atoms with Crippen LogP contribution >= 0.6 is 15.9 Å². The minimum Gasteiger partial charge on any atom is -0.491 e. The molecule has 1 unspecified atom stereocenters. The van der Waals surface area contributed by atoms with E-state index in [0.29, 0.717) is 17.9 Å². The predicted octanol–water partition coefficient (Wildman–Crippen LogP) is 4.57. The van der Waals surface area contributed by atoms with E-state index >= 15 is 0 Å². The second kappa shape index (κ2) is 7.81. The second-order valence-electron chi connectivity index (χ2n) is 5.89. The van der Waals surface area contributed by atoms with Crippen molar-refractivity contribution >= 4 is 27.5 Å². The third-order valence-corrected chi connectivity index (χ3v) is 4.49. The van der Waals surface area contributed by atoms with E-state index in [4.69, 9.17) is 9.47 Å². The molecule has 5 heteroatoms. The van der Waals surface area contributed by atoms with Gasteiger partial charge >= 0.3 is 0 Å². The van der Waals surface area contributed by atoms with Gasteiger partial charge < -0.3 is 14.8 Å². The highest BCUT2D eigenvalue weighted by atomic mass is 79.9. The molecular weight excluding hydrogens is 370 g/mol. The molecule has 1 heterocycles. The average Bonchev–Trinajstić information content (AvgIpc) is 3.09. The Kier molecular flexibility index (Phi) is 5.53. The lowest BCUT2D eigenvalue weighted by Gasteiger charge is -2.13. The van der Waals surface area contributed by atoms with Gasteiger partial charge in [-0.2, -0.15) is 0 Å². The van der Waals surface area contributed by atoms with Crippen molar-refractivity contribution in [2.75, 3.05) is 18.5 Å². The highest BCUT2D eigenvalue weighted by Crippen LogP contribution is 2.22. The molecule has 1 aliphatic rings. The lowest BCUT2D eigenvalue weighted by molar-refractivity contribution is 0.0679. The number of amides is 1. The van der Waals surface area contributed by atoms with Gasteiger partial charge in [0, 0.05) is 22.3 Å². The summed E-state index contributed by atoms with van der Waals surface area (Å²) in [5.41, 5.74) is 2.37. The fourth-order valence-corrected chi connectivity index (χ4v) is 3.13. The zero-order valence-corrected chi connectivity index (χ0v) is 15.1. The first-order chi connectivity index (χ1) is 11.6. The molecule has 24 heavy (non-hydrogen) atoms. The van der Waals surface area contributed by atoms with Gasteiger partial charge in [0.2, 0.25) is 0 Å². The molecule has 0 radical (unpaired) electrons. The van der Waals surface area contributed by atoms with Crippen LogP contribution in [0.25, 0.3) is 0 Å². The van der Waals surface area contributed by atoms with Gasteiger partial charge in [0.1, 0.15) is 12.4 Å². The van der Waals surface area contributed by atoms with E-state index < -0.39 is 0 Å². The van der Waals surface area contributed by atoms with Crippen LogP contribution in [0.2, 0.25) is 0 Å². The number of halogens is 1. The second-order valence-corrected chi connectivity index (χ2v) is 6.80. The number of nitrogens with one attached hydrogen (secondary N) is 1. The number of ether oxygens (including phenoxy) is 2. The first-order valence-corrected chi connectivity index (χ1v) is 8.83. The first kappa shape index (κ1) is 17.0. The van der Waals surface area contributed by atoms with E-state index in [9.17, 15) is 4.79 Å². The van der Waals surface area contributed by atoms with E-state index in [0.717, 1.165) is 35.2 Å². The number of benzene rings is 2. The molecule has 126 valence electrons. The summed E-state index contributed by atoms with van der Waals surface area (Å²) in [4.78, 5) is 12.5. The molecule has 0 spiro atoms. The maximum absolute atomic E-state index is 12.5. The van der Waals surface area contributed by atoms with E-state index in [1.54, 1.807) is 12.1 Å². The Morgan fingerprint density at radius 2 is 2.21 bits per heavy atom. The Labute approximate surface area is 150 Å². The smallest absolute Gasteiger partial charge is 0.255 e. The van der Waals surface area contributed by atoms with Crippen molar-refractivity contribution in [3.8, 4) is 5.75 Å². The number of rotatable bonds is 5. The van der Waals surface area contributed by atoms with Gasteiger partial charge in [-0.05, 0) is 61.7 Å². The lowest BCUT2D eigenvalue weighted by atomic mass is 10.1. The number of carbonyl (C=O) groups is 1. The molecule has 0 saturated carbocycles. The van der Waals surface area contributed by atoms with Crippen LogP contribution in [-0.4, -0.2) is 25.2 Å². The Bertz CT molecular complexity index is 726. The van der Waals surface area contributed by atoms with Crippen molar-refractivity contribution in [3.63, 3.8) is 0 Å². The normalized spacial score (nSPS) is 16.8. The van der Waals surface area contributed by atoms with Crippen molar-refractivity contribution in [1.29, 1.82) is 0 Å². The Hall–Kier alpha value is -1.85. The summed E-state index contributed by atoms with van der Waals surface area (Å²) in [6, 6.07) is 13.0. The fraction of sp³-hybridized carbons (Fsp3) is 0.316. The largest absolute Gasteiger partial charge is 0.491 e. The molecule has 0 aliphatic carbocycles. The number of aryl methyl sites for hydroxylation is 1. The molecule has 1 N–H and O–H groups in total. The highest BCUT2D eigenvalue weighted by Gasteiger charge is 2.16. The van der Waals surface area contributed by atoms with Crippen LogP contribution in [0.3, 0.4) is 0 Å². The zero-order chi connectivity index (χ0) is 16.9. The Morgan fingerprint density at radius 1 is 1.33 bits per heavy atom. The van der Waals surface area contributed by atoms with Crippen molar-refractivity contribution in [2.24, 2.45) is 0 Å². The Morgan fingerprint density at radius 3 is 2.96 bits per heavy atom. The van der Waals surface area contributed by atoms with Gasteiger partial charge in [0.05, 0.1) is 6.10 Å². The molecule has 1 aliphatic heterocycles. The molecule has 1 saturated heterocycles. The summed E-state index contributed by atoms with van der Waals surface area (Å²) < 4.78 is 12.3. The van der Waals surface area contributed by atoms with Crippen LogP contribution in [0.1, 0.15) is 28.8 Å². The maximum atomic E-state index is 12.5. The number of carbonyl (C=O) groups excluding carboxylic acids is 1. The molecule has 2 aromatic carbocycles. The van der Waals surface area contributed by atoms with Crippen LogP contribution in [-0.2, 0) is 4.74 Å². The molecule has 1 fully saturated rings. The highest BCUT2D eigenvalue weighted by molar-refractivity contribution is 9.10. The lowest BCUT2D eigenvalue weighted by Crippen LogP contribution is -2.17. The first-order valence-electron chi connectivity index (χ1n) is 8.04. The molecule has 0 aromatic heterocycles. The van der Waals surface area contributed by atoms with Gasteiger partial charge in [-0.3, -0.25) is 4.79 Å². The molecule has 1 amide bonds. The molecule has 0 bridgehead atoms. The monoisotopic (exact) mass is 389 g/mol. The van der Waals surface area contributed by atoms with Crippen molar-refractivity contribution < 1.29 is 14.3 Å². The summed E-state index contributed by atoms with van der Waals surface area (Å²) in [6.07, 6.45) is 2.28. The number of hydrogen-bond donors (Lipinski definition) is 1. The zero-order valence-electron chi connectivity index (χ0n) is 13.5. The minimum absolute atomic E-state index is 0.150. The number of hydrogen-bond acceptors (Lipinski definition) is 3. The van der Waals surface area contributed by atoms with E-state index in [1.165, 1.54) is 0 Å². The summed E-state index contributed by atoms with van der Waals surface area (Å²) in [5, 5.41) is 2.94. The quantitative estimate of drug-likeness (QED) is 0.814. The predicted molar refractivity (Wildman–Crippen MR) is 97.7 cm³/mol. The van der Waals surface area contributed by atoms with Gasteiger partial charge in [0.15, 0.2) is 0 Å². The topological polar surface area (TPSA) is 47.6 Å². The third-order valence-electron chi connectivity index (χ3n) is 3.99. The van der Waals surface area contributed by atoms with Crippen LogP contribution in [0.15, 0.2) is 46.9 Å². The fourth-order valence-electron chi connectivity index (χ4n) is 2.65. The molecule has 4 nitrogen and oxygen atoms in total. The Balaban J connectivity index is 1.65. The summed E-state index contributed by atoms with van der Waals surface area (Å²) in [7, 11) is 0. The molecule has 3 rings (SSSR count). The van der Waals surface area contributed by atoms with Crippen LogP contribution < -0.4 is 10.1 Å². The van der Waals surface area contributed by atoms with E-state index in [-0.39, 0.29) is 12.0 Å². The van der Waals surface area contributed by atoms with Gasteiger partial charge in [0.25, 0.3) is 5.91 Å². The standard InChI is InChI=1S/C19H20BrNO3/c1-13-10-15(20)7-8-18(13)21-19(22)14-4-2-5-16(11-14)24-12-17-6-3-9-23-17/h2,4-5,7-8,10-11,17H,3,6,9,12H2,1H3,(H,21,22). The van der Waals surface area contributed by atoms with Crippen LogP contribution in [0.4, 0.5) is 5.69 Å². The molecule has 1 atom stereocenters. The number of anilines is 1. The van der Waals surface area contributed by atoms with Crippen molar-refractivity contribution in [1.82, 2.24) is 0 Å². The summed E-state index contributed by atoms with van der Waals surface area (Å²) in [6.45, 7) is 3.29. The maximum Gasteiger partial charge on any atom is 0.255 e. The van der Waals surface area contributed by atoms with Crippen LogP contribution in [0.5, 0.6) is 5.75 Å². The van der Waals surface area contributed by atoms with Gasteiger partial charge in [-0.15, -0.1) is 0 Å². The van der Waals surface area contributed by atoms with Crippen molar-refractivity contribution in [2.45, 2.75) is 25.9 Å². The average molecular weight is 390 g/mol. The van der Waals surface area contributed by atoms with Crippen molar-refractivity contribution in [3.05, 3.63) is 58.1 Å². The summed E-state index contributed by atoms with van der Waals surface area (Å²) >= 11 is 3.42. The summed E-state index contributed by atoms with van der Waals surface area (Å²) in [5.74, 6) is 0.536. The third kappa shape index (κ3) is 4.36. The van der Waals surface area contributed by atoms with E-state index in [2.05, 4.69) is 21.2 Å². The van der Waals surface area contributed by atoms with E-state index in [1.807, 2.05) is 37.3 Å². The van der Waals surface area contributed by atoms with Crippen LogP contribution in [0, 0.1) is 6.92 Å². The van der Waals surface area contributed by atoms with Gasteiger partial charge in [-0.25, -0.2) is 0 Å².